The number of halogens is 1. The largest absolute Gasteiger partial charge is 0.462 e. The summed E-state index contributed by atoms with van der Waals surface area (Å²) in [5, 5.41) is 0.472. The molecule has 0 aliphatic heterocycles. The number of anilines is 1. The van der Waals surface area contributed by atoms with Gasteiger partial charge in [0.05, 0.1) is 12.2 Å². The molecule has 1 aromatic carbocycles. The topological polar surface area (TPSA) is 55.6 Å². The molecule has 0 heterocycles. The van der Waals surface area contributed by atoms with Crippen LogP contribution in [0.4, 0.5) is 5.69 Å². The van der Waals surface area contributed by atoms with Crippen molar-refractivity contribution in [3.63, 3.8) is 0 Å². The Morgan fingerprint density at radius 2 is 2.18 bits per heavy atom. The Morgan fingerprint density at radius 3 is 2.82 bits per heavy atom. The summed E-state index contributed by atoms with van der Waals surface area (Å²) >= 11 is 5.79. The van der Waals surface area contributed by atoms with Gasteiger partial charge in [-0.05, 0) is 38.7 Å². The van der Waals surface area contributed by atoms with E-state index in [-0.39, 0.29) is 0 Å². The van der Waals surface area contributed by atoms with E-state index in [1.165, 1.54) is 6.07 Å². The van der Waals surface area contributed by atoms with E-state index in [0.717, 1.165) is 13.0 Å². The number of nitrogens with two attached hydrogens (primary N) is 1. The second kappa shape index (κ2) is 6.47. The maximum absolute atomic E-state index is 11.7. The van der Waals surface area contributed by atoms with Crippen molar-refractivity contribution in [3.8, 4) is 0 Å². The number of hydrogen-bond acceptors (Lipinski definition) is 4. The van der Waals surface area contributed by atoms with E-state index in [1.807, 2.05) is 19.0 Å². The van der Waals surface area contributed by atoms with Crippen molar-refractivity contribution in [2.75, 3.05) is 33.0 Å². The van der Waals surface area contributed by atoms with Crippen LogP contribution in [0, 0.1) is 0 Å². The molecule has 0 unspecified atom stereocenters. The zero-order valence-electron chi connectivity index (χ0n) is 10.1. The monoisotopic (exact) mass is 256 g/mol. The van der Waals surface area contributed by atoms with Gasteiger partial charge in [-0.1, -0.05) is 11.6 Å². The average molecular weight is 257 g/mol. The van der Waals surface area contributed by atoms with Crippen LogP contribution in [0.1, 0.15) is 16.8 Å². The van der Waals surface area contributed by atoms with Gasteiger partial charge in [0.1, 0.15) is 0 Å². The third-order valence-electron chi connectivity index (χ3n) is 2.22. The fraction of sp³-hybridized carbons (Fsp3) is 0.417. The molecule has 0 atom stereocenters. The first kappa shape index (κ1) is 13.8. The minimum absolute atomic E-state index is 0.322. The van der Waals surface area contributed by atoms with E-state index in [9.17, 15) is 4.79 Å². The highest BCUT2D eigenvalue weighted by Crippen LogP contribution is 2.18. The number of ether oxygens (including phenoxy) is 1. The van der Waals surface area contributed by atoms with Crippen LogP contribution in [0.5, 0.6) is 0 Å². The van der Waals surface area contributed by atoms with E-state index >= 15 is 0 Å². The van der Waals surface area contributed by atoms with E-state index in [2.05, 4.69) is 0 Å². The van der Waals surface area contributed by atoms with Gasteiger partial charge in [-0.25, -0.2) is 4.79 Å². The summed E-state index contributed by atoms with van der Waals surface area (Å²) in [6, 6.07) is 4.75. The van der Waals surface area contributed by atoms with Crippen LogP contribution in [0.3, 0.4) is 0 Å². The Labute approximate surface area is 106 Å². The first-order valence-corrected chi connectivity index (χ1v) is 5.75. The molecule has 2 N–H and O–H groups in total. The van der Waals surface area contributed by atoms with E-state index in [4.69, 9.17) is 22.1 Å². The molecule has 0 aliphatic carbocycles. The van der Waals surface area contributed by atoms with Crippen LogP contribution in [-0.4, -0.2) is 38.1 Å². The lowest BCUT2D eigenvalue weighted by Gasteiger charge is -2.10. The molecule has 0 fully saturated rings. The van der Waals surface area contributed by atoms with Crippen molar-refractivity contribution in [2.45, 2.75) is 6.42 Å². The van der Waals surface area contributed by atoms with Crippen LogP contribution in [0.2, 0.25) is 5.02 Å². The molecule has 1 aromatic rings. The predicted molar refractivity (Wildman–Crippen MR) is 69.3 cm³/mol. The molecular formula is C12H17ClN2O2. The Hall–Kier alpha value is -1.26. The van der Waals surface area contributed by atoms with E-state index in [0.29, 0.717) is 22.9 Å². The van der Waals surface area contributed by atoms with Crippen LogP contribution >= 0.6 is 11.6 Å². The number of hydrogen-bond donors (Lipinski definition) is 1. The normalized spacial score (nSPS) is 10.6. The minimum Gasteiger partial charge on any atom is -0.462 e. The molecule has 0 saturated carbocycles. The van der Waals surface area contributed by atoms with Crippen molar-refractivity contribution in [1.82, 2.24) is 4.90 Å². The Balaban J connectivity index is 2.49. The van der Waals surface area contributed by atoms with Gasteiger partial charge in [-0.3, -0.25) is 0 Å². The molecule has 94 valence electrons. The summed E-state index contributed by atoms with van der Waals surface area (Å²) in [6.07, 6.45) is 0.791. The van der Waals surface area contributed by atoms with Gasteiger partial charge in [-0.15, -0.1) is 0 Å². The molecule has 1 rings (SSSR count). The predicted octanol–water partition coefficient (Wildman–Crippen LogP) is 2.03. The zero-order valence-corrected chi connectivity index (χ0v) is 10.8. The summed E-state index contributed by atoms with van der Waals surface area (Å²) in [7, 11) is 3.94. The number of rotatable bonds is 5. The number of nitrogen functional groups attached to an aromatic ring is 1. The van der Waals surface area contributed by atoms with Gasteiger partial charge in [0.25, 0.3) is 0 Å². The number of carbonyl (C=O) groups excluding carboxylic acids is 1. The van der Waals surface area contributed by atoms with Gasteiger partial charge in [-0.2, -0.15) is 0 Å². The van der Waals surface area contributed by atoms with Gasteiger partial charge in [0, 0.05) is 17.3 Å². The highest BCUT2D eigenvalue weighted by Gasteiger charge is 2.11. The standard InChI is InChI=1S/C12H17ClN2O2/c1-15(2)6-3-7-17-12(16)10-8-9(13)4-5-11(10)14/h4-5,8H,3,6-7,14H2,1-2H3. The van der Waals surface area contributed by atoms with E-state index < -0.39 is 5.97 Å². The number of carbonyl (C=O) groups is 1. The second-order valence-corrected chi connectivity index (χ2v) is 4.46. The van der Waals surface area contributed by atoms with Crippen molar-refractivity contribution in [3.05, 3.63) is 28.8 Å². The number of benzene rings is 1. The van der Waals surface area contributed by atoms with Crippen molar-refractivity contribution in [2.24, 2.45) is 0 Å². The lowest BCUT2D eigenvalue weighted by atomic mass is 10.2. The third-order valence-corrected chi connectivity index (χ3v) is 2.45. The molecule has 0 radical (unpaired) electrons. The van der Waals surface area contributed by atoms with Crippen molar-refractivity contribution in [1.29, 1.82) is 0 Å². The molecule has 17 heavy (non-hydrogen) atoms. The quantitative estimate of drug-likeness (QED) is 0.498. The Kier molecular flexibility index (Phi) is 5.25. The van der Waals surface area contributed by atoms with E-state index in [1.54, 1.807) is 12.1 Å². The molecule has 0 saturated heterocycles. The van der Waals surface area contributed by atoms with Crippen LogP contribution < -0.4 is 5.73 Å². The molecular weight excluding hydrogens is 240 g/mol. The molecule has 0 bridgehead atoms. The van der Waals surface area contributed by atoms with Crippen molar-refractivity contribution < 1.29 is 9.53 Å². The van der Waals surface area contributed by atoms with Gasteiger partial charge in [0.15, 0.2) is 0 Å². The lowest BCUT2D eigenvalue weighted by Crippen LogP contribution is -2.16. The Morgan fingerprint density at radius 1 is 1.47 bits per heavy atom. The summed E-state index contributed by atoms with van der Waals surface area (Å²) in [4.78, 5) is 13.7. The molecule has 0 spiro atoms. The highest BCUT2D eigenvalue weighted by atomic mass is 35.5. The SMILES string of the molecule is CN(C)CCCOC(=O)c1cc(Cl)ccc1N. The van der Waals surface area contributed by atoms with Crippen LogP contribution in [-0.2, 0) is 4.74 Å². The summed E-state index contributed by atoms with van der Waals surface area (Å²) in [5.74, 6) is -0.427. The maximum Gasteiger partial charge on any atom is 0.340 e. The third kappa shape index (κ3) is 4.63. The summed E-state index contributed by atoms with van der Waals surface area (Å²) in [5.41, 5.74) is 6.38. The lowest BCUT2D eigenvalue weighted by molar-refractivity contribution is 0.0494. The van der Waals surface area contributed by atoms with Crippen LogP contribution in [0.15, 0.2) is 18.2 Å². The fourth-order valence-corrected chi connectivity index (χ4v) is 1.50. The van der Waals surface area contributed by atoms with Crippen LogP contribution in [0.25, 0.3) is 0 Å². The number of nitrogens with zero attached hydrogens (tertiary/aromatic N) is 1. The Bertz CT molecular complexity index is 394. The summed E-state index contributed by atoms with van der Waals surface area (Å²) < 4.78 is 5.11. The zero-order chi connectivity index (χ0) is 12.8. The molecule has 4 nitrogen and oxygen atoms in total. The molecule has 5 heteroatoms. The summed E-state index contributed by atoms with van der Waals surface area (Å²) in [6.45, 7) is 1.25. The van der Waals surface area contributed by atoms with Crippen molar-refractivity contribution >= 4 is 23.3 Å². The molecule has 0 aliphatic rings. The van der Waals surface area contributed by atoms with Gasteiger partial charge in [0.2, 0.25) is 0 Å². The fourth-order valence-electron chi connectivity index (χ4n) is 1.33. The number of esters is 1. The maximum atomic E-state index is 11.7. The molecule has 0 aromatic heterocycles. The second-order valence-electron chi connectivity index (χ2n) is 4.02. The van der Waals surface area contributed by atoms with Gasteiger partial charge < -0.3 is 15.4 Å². The minimum atomic E-state index is -0.427. The van der Waals surface area contributed by atoms with Gasteiger partial charge >= 0.3 is 5.97 Å². The smallest absolute Gasteiger partial charge is 0.340 e. The first-order valence-electron chi connectivity index (χ1n) is 5.37. The molecule has 0 amide bonds. The highest BCUT2D eigenvalue weighted by molar-refractivity contribution is 6.31. The first-order chi connectivity index (χ1) is 8.00. The average Bonchev–Trinajstić information content (AvgIpc) is 2.27.